The summed E-state index contributed by atoms with van der Waals surface area (Å²) in [4.78, 5) is 31.7. The lowest BCUT2D eigenvalue weighted by Gasteiger charge is -2.15. The van der Waals surface area contributed by atoms with E-state index in [1.165, 1.54) is 17.1 Å². The number of amides is 1. The second-order valence-corrected chi connectivity index (χ2v) is 6.71. The molecule has 0 aliphatic carbocycles. The highest BCUT2D eigenvalue weighted by Crippen LogP contribution is 2.36. The number of rotatable bonds is 4. The molecule has 0 bridgehead atoms. The summed E-state index contributed by atoms with van der Waals surface area (Å²) < 4.78 is 10.9. The van der Waals surface area contributed by atoms with E-state index in [1.807, 2.05) is 42.5 Å². The van der Waals surface area contributed by atoms with E-state index in [0.29, 0.717) is 5.57 Å². The van der Waals surface area contributed by atoms with Gasteiger partial charge in [0.1, 0.15) is 0 Å². The zero-order valence-corrected chi connectivity index (χ0v) is 13.8. The van der Waals surface area contributed by atoms with Gasteiger partial charge >= 0.3 is 7.60 Å². The first kappa shape index (κ1) is 17.2. The molecule has 0 spiro atoms. The van der Waals surface area contributed by atoms with E-state index in [1.54, 1.807) is 14.1 Å². The summed E-state index contributed by atoms with van der Waals surface area (Å²) in [6.07, 6.45) is 2.66. The molecule has 0 saturated carbocycles. The fraction of sp³-hybridized carbons (Fsp3) is 0.118. The van der Waals surface area contributed by atoms with Crippen LogP contribution in [0.2, 0.25) is 0 Å². The molecule has 0 fully saturated rings. The predicted molar refractivity (Wildman–Crippen MR) is 91.8 cm³/mol. The second-order valence-electron chi connectivity index (χ2n) is 5.24. The van der Waals surface area contributed by atoms with Crippen molar-refractivity contribution in [1.82, 2.24) is 4.90 Å². The molecule has 0 atom stereocenters. The van der Waals surface area contributed by atoms with Crippen LogP contribution in [0.3, 0.4) is 0 Å². The van der Waals surface area contributed by atoms with Crippen LogP contribution >= 0.6 is 7.60 Å². The number of allylic oxidation sites excluding steroid dienone is 2. The number of hydrogen-bond acceptors (Lipinski definition) is 2. The Balaban J connectivity index is 2.61. The van der Waals surface area contributed by atoms with Crippen molar-refractivity contribution < 1.29 is 19.1 Å². The molecule has 0 radical (unpaired) electrons. The summed E-state index contributed by atoms with van der Waals surface area (Å²) >= 11 is 0. The SMILES string of the molecule is CN(C)C(=O)/C(=C\C=C\P(=O)(O)O)c1cccc2ccccc12. The van der Waals surface area contributed by atoms with E-state index >= 15 is 0 Å². The lowest BCUT2D eigenvalue weighted by Crippen LogP contribution is -2.22. The second kappa shape index (κ2) is 6.92. The maximum Gasteiger partial charge on any atom is 0.349 e. The Hall–Kier alpha value is -2.20. The molecule has 1 amide bonds. The molecule has 0 unspecified atom stereocenters. The Kier molecular flexibility index (Phi) is 5.16. The van der Waals surface area contributed by atoms with Crippen LogP contribution in [0, 0.1) is 0 Å². The van der Waals surface area contributed by atoms with Crippen LogP contribution in [0.1, 0.15) is 5.56 Å². The topological polar surface area (TPSA) is 77.8 Å². The minimum Gasteiger partial charge on any atom is -0.345 e. The molecule has 2 aromatic carbocycles. The van der Waals surface area contributed by atoms with Crippen LogP contribution in [0.4, 0.5) is 0 Å². The summed E-state index contributed by atoms with van der Waals surface area (Å²) in [5.41, 5.74) is 1.09. The monoisotopic (exact) mass is 331 g/mol. The van der Waals surface area contributed by atoms with E-state index < -0.39 is 7.60 Å². The van der Waals surface area contributed by atoms with Gasteiger partial charge in [-0.25, -0.2) is 0 Å². The molecule has 0 aliphatic rings. The first-order valence-electron chi connectivity index (χ1n) is 6.94. The Labute approximate surface area is 134 Å². The molecular formula is C17H18NO4P. The number of fused-ring (bicyclic) bond motifs is 1. The highest BCUT2D eigenvalue weighted by Gasteiger charge is 2.16. The standard InChI is InChI=1S/C17H18NO4P/c1-18(2)17(19)16(11-6-12-23(20,21)22)15-10-5-8-13-7-3-4-9-14(13)15/h3-12H,1-2H3,(H2,20,21,22)/b12-6+,16-11-. The van der Waals surface area contributed by atoms with Crippen molar-refractivity contribution in [2.75, 3.05) is 14.1 Å². The van der Waals surface area contributed by atoms with Gasteiger partial charge < -0.3 is 14.7 Å². The lowest BCUT2D eigenvalue weighted by atomic mass is 9.97. The Morgan fingerprint density at radius 3 is 2.39 bits per heavy atom. The molecule has 5 nitrogen and oxygen atoms in total. The minimum absolute atomic E-state index is 0.239. The number of likely N-dealkylation sites (N-methyl/N-ethyl adjacent to an activating group) is 1. The van der Waals surface area contributed by atoms with Crippen LogP contribution in [0.15, 0.2) is 60.4 Å². The Morgan fingerprint density at radius 2 is 1.74 bits per heavy atom. The molecule has 0 aromatic heterocycles. The molecule has 6 heteroatoms. The largest absolute Gasteiger partial charge is 0.349 e. The smallest absolute Gasteiger partial charge is 0.345 e. The van der Waals surface area contributed by atoms with Gasteiger partial charge in [0.2, 0.25) is 0 Å². The molecular weight excluding hydrogens is 313 g/mol. The van der Waals surface area contributed by atoms with Gasteiger partial charge in [0.15, 0.2) is 0 Å². The third kappa shape index (κ3) is 4.39. The van der Waals surface area contributed by atoms with Crippen molar-refractivity contribution in [1.29, 1.82) is 0 Å². The predicted octanol–water partition coefficient (Wildman–Crippen LogP) is 3.00. The van der Waals surface area contributed by atoms with Crippen molar-refractivity contribution >= 4 is 29.8 Å². The molecule has 2 rings (SSSR count). The van der Waals surface area contributed by atoms with Gasteiger partial charge in [-0.05, 0) is 22.4 Å². The summed E-state index contributed by atoms with van der Waals surface area (Å²) in [5, 5.41) is 1.89. The van der Waals surface area contributed by atoms with E-state index in [-0.39, 0.29) is 5.91 Å². The first-order chi connectivity index (χ1) is 10.8. The summed E-state index contributed by atoms with van der Waals surface area (Å²) in [5.74, 6) is 0.540. The van der Waals surface area contributed by atoms with Crippen LogP contribution in [-0.2, 0) is 9.36 Å². The van der Waals surface area contributed by atoms with Crippen LogP contribution in [-0.4, -0.2) is 34.7 Å². The molecule has 2 N–H and O–H groups in total. The zero-order chi connectivity index (χ0) is 17.0. The highest BCUT2D eigenvalue weighted by atomic mass is 31.2. The normalized spacial score (nSPS) is 12.8. The average Bonchev–Trinajstić information content (AvgIpc) is 2.49. The van der Waals surface area contributed by atoms with Crippen molar-refractivity contribution in [2.24, 2.45) is 0 Å². The van der Waals surface area contributed by atoms with Gasteiger partial charge in [-0.1, -0.05) is 48.5 Å². The van der Waals surface area contributed by atoms with Crippen LogP contribution < -0.4 is 0 Å². The quantitative estimate of drug-likeness (QED) is 0.513. The number of benzene rings is 2. The van der Waals surface area contributed by atoms with Gasteiger partial charge in [-0.15, -0.1) is 0 Å². The number of hydrogen-bond donors (Lipinski definition) is 2. The number of nitrogens with zero attached hydrogens (tertiary/aromatic N) is 1. The van der Waals surface area contributed by atoms with Gasteiger partial charge in [-0.2, -0.15) is 0 Å². The lowest BCUT2D eigenvalue weighted by molar-refractivity contribution is -0.122. The Bertz CT molecular complexity index is 828. The van der Waals surface area contributed by atoms with Gasteiger partial charge in [-0.3, -0.25) is 9.36 Å². The van der Waals surface area contributed by atoms with Crippen molar-refractivity contribution in [2.45, 2.75) is 0 Å². The average molecular weight is 331 g/mol. The molecule has 0 aliphatic heterocycles. The van der Waals surface area contributed by atoms with E-state index in [9.17, 15) is 9.36 Å². The summed E-state index contributed by atoms with van der Waals surface area (Å²) in [6, 6.07) is 13.3. The van der Waals surface area contributed by atoms with Gasteiger partial charge in [0.25, 0.3) is 5.91 Å². The minimum atomic E-state index is -4.27. The van der Waals surface area contributed by atoms with Crippen molar-refractivity contribution in [3.63, 3.8) is 0 Å². The van der Waals surface area contributed by atoms with Gasteiger partial charge in [0, 0.05) is 25.5 Å². The summed E-state index contributed by atoms with van der Waals surface area (Å²) in [6.45, 7) is 0. The fourth-order valence-corrected chi connectivity index (χ4v) is 2.54. The maximum absolute atomic E-state index is 12.5. The first-order valence-corrected chi connectivity index (χ1v) is 8.62. The molecule has 0 heterocycles. The number of carbonyl (C=O) groups excluding carboxylic acids is 1. The van der Waals surface area contributed by atoms with Crippen molar-refractivity contribution in [3.8, 4) is 0 Å². The Morgan fingerprint density at radius 1 is 1.09 bits per heavy atom. The van der Waals surface area contributed by atoms with Crippen molar-refractivity contribution in [3.05, 3.63) is 66.0 Å². The third-order valence-electron chi connectivity index (χ3n) is 3.26. The maximum atomic E-state index is 12.5. The molecule has 120 valence electrons. The van der Waals surface area contributed by atoms with E-state index in [2.05, 4.69) is 0 Å². The number of carbonyl (C=O) groups is 1. The van der Waals surface area contributed by atoms with Crippen LogP contribution in [0.25, 0.3) is 16.3 Å². The fourth-order valence-electron chi connectivity index (χ4n) is 2.23. The molecule has 23 heavy (non-hydrogen) atoms. The van der Waals surface area contributed by atoms with Crippen LogP contribution in [0.5, 0.6) is 0 Å². The third-order valence-corrected chi connectivity index (χ3v) is 3.82. The van der Waals surface area contributed by atoms with E-state index in [0.717, 1.165) is 22.2 Å². The molecule has 2 aromatic rings. The zero-order valence-electron chi connectivity index (χ0n) is 12.9. The highest BCUT2D eigenvalue weighted by molar-refractivity contribution is 7.55. The summed E-state index contributed by atoms with van der Waals surface area (Å²) in [7, 11) is -1.000. The van der Waals surface area contributed by atoms with Gasteiger partial charge in [0.05, 0.1) is 0 Å². The van der Waals surface area contributed by atoms with E-state index in [4.69, 9.17) is 9.79 Å². The molecule has 0 saturated heterocycles.